The van der Waals surface area contributed by atoms with Gasteiger partial charge in [0.25, 0.3) is 0 Å². The molecule has 1 aromatic rings. The van der Waals surface area contributed by atoms with Crippen LogP contribution in [-0.4, -0.2) is 32.7 Å². The summed E-state index contributed by atoms with van der Waals surface area (Å²) in [4.78, 5) is 14.0. The summed E-state index contributed by atoms with van der Waals surface area (Å²) < 4.78 is 1.86. The third-order valence-corrected chi connectivity index (χ3v) is 3.82. The first-order valence-electron chi connectivity index (χ1n) is 6.41. The highest BCUT2D eigenvalue weighted by Crippen LogP contribution is 2.36. The normalized spacial score (nSPS) is 24.4. The smallest absolute Gasteiger partial charge is 0.225 e. The zero-order valence-corrected chi connectivity index (χ0v) is 11.8. The first-order valence-corrected chi connectivity index (χ1v) is 6.41. The Morgan fingerprint density at radius 1 is 1.39 bits per heavy atom. The molecule has 5 nitrogen and oxygen atoms in total. The van der Waals surface area contributed by atoms with Gasteiger partial charge in [0.2, 0.25) is 5.91 Å². The Balaban J connectivity index is 2.50. The first-order chi connectivity index (χ1) is 8.34. The highest BCUT2D eigenvalue weighted by Gasteiger charge is 2.42. The van der Waals surface area contributed by atoms with E-state index in [0.717, 1.165) is 17.0 Å². The quantitative estimate of drug-likeness (QED) is 0.853. The minimum atomic E-state index is -0.138. The van der Waals surface area contributed by atoms with Crippen LogP contribution in [0, 0.1) is 13.8 Å². The van der Waals surface area contributed by atoms with Crippen molar-refractivity contribution in [3.63, 3.8) is 0 Å². The molecule has 0 aromatic carbocycles. The van der Waals surface area contributed by atoms with Gasteiger partial charge in [-0.25, -0.2) is 0 Å². The van der Waals surface area contributed by atoms with Crippen molar-refractivity contribution in [2.75, 3.05) is 0 Å². The summed E-state index contributed by atoms with van der Waals surface area (Å²) in [6, 6.07) is -0.0113. The van der Waals surface area contributed by atoms with Crippen LogP contribution in [0.25, 0.3) is 0 Å². The van der Waals surface area contributed by atoms with Crippen molar-refractivity contribution in [1.29, 1.82) is 0 Å². The van der Waals surface area contributed by atoms with Crippen molar-refractivity contribution in [2.24, 2.45) is 12.8 Å². The molecule has 0 aliphatic carbocycles. The van der Waals surface area contributed by atoms with Crippen molar-refractivity contribution < 1.29 is 4.79 Å². The second kappa shape index (κ2) is 4.39. The van der Waals surface area contributed by atoms with Gasteiger partial charge in [0.1, 0.15) is 0 Å². The number of nitrogens with two attached hydrogens (primary N) is 1. The third kappa shape index (κ3) is 1.82. The van der Waals surface area contributed by atoms with E-state index in [2.05, 4.69) is 5.10 Å². The Kier molecular flexibility index (Phi) is 3.19. The molecule has 2 unspecified atom stereocenters. The number of nitrogens with zero attached hydrogens (tertiary/aromatic N) is 3. The lowest BCUT2D eigenvalue weighted by Gasteiger charge is -2.30. The van der Waals surface area contributed by atoms with Gasteiger partial charge in [-0.3, -0.25) is 9.48 Å². The van der Waals surface area contributed by atoms with E-state index in [0.29, 0.717) is 6.42 Å². The maximum atomic E-state index is 12.1. The fraction of sp³-hybridized carbons (Fsp3) is 0.692. The SMILES string of the molecule is Cc1nn(C)c(C)c1C1C(N)CC(=O)N1C(C)C. The summed E-state index contributed by atoms with van der Waals surface area (Å²) in [6.45, 7) is 8.08. The van der Waals surface area contributed by atoms with E-state index in [1.54, 1.807) is 0 Å². The molecule has 1 aliphatic heterocycles. The standard InChI is InChI=1S/C13H22N4O/c1-7(2)17-11(18)6-10(14)13(17)12-8(3)15-16(5)9(12)4/h7,10,13H,6,14H2,1-5H3. The predicted molar refractivity (Wildman–Crippen MR) is 70.0 cm³/mol. The molecule has 2 atom stereocenters. The first kappa shape index (κ1) is 13.1. The number of rotatable bonds is 2. The summed E-state index contributed by atoms with van der Waals surface area (Å²) in [5.41, 5.74) is 9.35. The Morgan fingerprint density at radius 2 is 2.00 bits per heavy atom. The summed E-state index contributed by atoms with van der Waals surface area (Å²) in [7, 11) is 1.92. The molecule has 1 aromatic heterocycles. The number of aryl methyl sites for hydroxylation is 2. The van der Waals surface area contributed by atoms with Gasteiger partial charge in [-0.2, -0.15) is 5.10 Å². The van der Waals surface area contributed by atoms with Crippen LogP contribution >= 0.6 is 0 Å². The van der Waals surface area contributed by atoms with E-state index in [9.17, 15) is 4.79 Å². The van der Waals surface area contributed by atoms with Crippen LogP contribution < -0.4 is 5.73 Å². The van der Waals surface area contributed by atoms with Gasteiger partial charge < -0.3 is 10.6 Å². The van der Waals surface area contributed by atoms with Crippen molar-refractivity contribution in [3.05, 3.63) is 17.0 Å². The van der Waals surface area contributed by atoms with Crippen LogP contribution in [-0.2, 0) is 11.8 Å². The number of carbonyl (C=O) groups excluding carboxylic acids is 1. The maximum absolute atomic E-state index is 12.1. The predicted octanol–water partition coefficient (Wildman–Crippen LogP) is 1.05. The number of carbonyl (C=O) groups is 1. The molecule has 1 fully saturated rings. The second-order valence-corrected chi connectivity index (χ2v) is 5.42. The van der Waals surface area contributed by atoms with E-state index in [-0.39, 0.29) is 24.0 Å². The summed E-state index contributed by atoms with van der Waals surface area (Å²) in [5.74, 6) is 0.144. The number of amides is 1. The summed E-state index contributed by atoms with van der Waals surface area (Å²) in [6.07, 6.45) is 0.427. The number of hydrogen-bond donors (Lipinski definition) is 1. The Bertz CT molecular complexity index is 478. The highest BCUT2D eigenvalue weighted by atomic mass is 16.2. The molecule has 1 saturated heterocycles. The molecular formula is C13H22N4O. The van der Waals surface area contributed by atoms with Crippen LogP contribution in [0.5, 0.6) is 0 Å². The van der Waals surface area contributed by atoms with Crippen molar-refractivity contribution in [2.45, 2.75) is 52.2 Å². The molecule has 2 heterocycles. The lowest BCUT2D eigenvalue weighted by atomic mass is 9.98. The van der Waals surface area contributed by atoms with Crippen LogP contribution in [0.15, 0.2) is 0 Å². The lowest BCUT2D eigenvalue weighted by Crippen LogP contribution is -2.38. The fourth-order valence-electron chi connectivity index (χ4n) is 2.96. The van der Waals surface area contributed by atoms with Gasteiger partial charge in [-0.1, -0.05) is 0 Å². The van der Waals surface area contributed by atoms with Crippen LogP contribution in [0.4, 0.5) is 0 Å². The molecule has 0 spiro atoms. The van der Waals surface area contributed by atoms with E-state index < -0.39 is 0 Å². The Hall–Kier alpha value is -1.36. The van der Waals surface area contributed by atoms with Crippen LogP contribution in [0.1, 0.15) is 43.3 Å². The Labute approximate surface area is 108 Å². The average molecular weight is 250 g/mol. The van der Waals surface area contributed by atoms with Crippen LogP contribution in [0.3, 0.4) is 0 Å². The van der Waals surface area contributed by atoms with E-state index in [1.165, 1.54) is 0 Å². The fourth-order valence-corrected chi connectivity index (χ4v) is 2.96. The molecule has 5 heteroatoms. The van der Waals surface area contributed by atoms with E-state index in [4.69, 9.17) is 5.73 Å². The monoisotopic (exact) mass is 250 g/mol. The highest BCUT2D eigenvalue weighted by molar-refractivity contribution is 5.80. The maximum Gasteiger partial charge on any atom is 0.225 e. The molecule has 0 saturated carbocycles. The topological polar surface area (TPSA) is 64.2 Å². The molecule has 2 N–H and O–H groups in total. The average Bonchev–Trinajstić information content (AvgIpc) is 2.65. The molecule has 1 aliphatic rings. The van der Waals surface area contributed by atoms with Gasteiger partial charge in [0.05, 0.1) is 11.7 Å². The summed E-state index contributed by atoms with van der Waals surface area (Å²) >= 11 is 0. The summed E-state index contributed by atoms with van der Waals surface area (Å²) in [5, 5.41) is 4.43. The molecule has 0 radical (unpaired) electrons. The zero-order valence-electron chi connectivity index (χ0n) is 11.8. The number of aromatic nitrogens is 2. The van der Waals surface area contributed by atoms with Gasteiger partial charge in [0, 0.05) is 36.8 Å². The van der Waals surface area contributed by atoms with Gasteiger partial charge in [-0.05, 0) is 27.7 Å². The number of likely N-dealkylation sites (tertiary alicyclic amines) is 1. The lowest BCUT2D eigenvalue weighted by molar-refractivity contribution is -0.130. The van der Waals surface area contributed by atoms with Gasteiger partial charge in [-0.15, -0.1) is 0 Å². The van der Waals surface area contributed by atoms with Crippen LogP contribution in [0.2, 0.25) is 0 Å². The molecule has 18 heavy (non-hydrogen) atoms. The van der Waals surface area contributed by atoms with Crippen molar-refractivity contribution >= 4 is 5.91 Å². The minimum Gasteiger partial charge on any atom is -0.331 e. The third-order valence-electron chi connectivity index (χ3n) is 3.82. The Morgan fingerprint density at radius 3 is 2.44 bits per heavy atom. The molecule has 100 valence electrons. The van der Waals surface area contributed by atoms with E-state index in [1.807, 2.05) is 44.3 Å². The van der Waals surface area contributed by atoms with Gasteiger partial charge >= 0.3 is 0 Å². The molecule has 0 bridgehead atoms. The zero-order chi connectivity index (χ0) is 13.6. The van der Waals surface area contributed by atoms with Crippen molar-refractivity contribution in [3.8, 4) is 0 Å². The minimum absolute atomic E-state index is 0.0359. The largest absolute Gasteiger partial charge is 0.331 e. The second-order valence-electron chi connectivity index (χ2n) is 5.42. The molecule has 1 amide bonds. The van der Waals surface area contributed by atoms with Gasteiger partial charge in [0.15, 0.2) is 0 Å². The molecule has 2 rings (SSSR count). The van der Waals surface area contributed by atoms with E-state index >= 15 is 0 Å². The van der Waals surface area contributed by atoms with Crippen molar-refractivity contribution in [1.82, 2.24) is 14.7 Å². The molecular weight excluding hydrogens is 228 g/mol. The number of hydrogen-bond acceptors (Lipinski definition) is 3.